The number of para-hydroxylation sites is 1. The van der Waals surface area contributed by atoms with Crippen LogP contribution in [0, 0.1) is 0 Å². The number of piperidine rings is 1. The lowest BCUT2D eigenvalue weighted by Gasteiger charge is -2.32. The van der Waals surface area contributed by atoms with Gasteiger partial charge < -0.3 is 10.0 Å². The third kappa shape index (κ3) is 3.87. The van der Waals surface area contributed by atoms with Gasteiger partial charge in [-0.1, -0.05) is 18.2 Å². The third-order valence-electron chi connectivity index (χ3n) is 5.18. The summed E-state index contributed by atoms with van der Waals surface area (Å²) in [7, 11) is -4.18. The summed E-state index contributed by atoms with van der Waals surface area (Å²) < 4.78 is 64.8. The van der Waals surface area contributed by atoms with Gasteiger partial charge in [0.25, 0.3) is 0 Å². The zero-order chi connectivity index (χ0) is 21.5. The van der Waals surface area contributed by atoms with Crippen molar-refractivity contribution in [2.75, 3.05) is 18.0 Å². The second-order valence-electron chi connectivity index (χ2n) is 7.29. The molecule has 0 aliphatic carbocycles. The molecule has 1 aliphatic heterocycles. The number of aromatic nitrogens is 1. The summed E-state index contributed by atoms with van der Waals surface area (Å²) >= 11 is 0. The molecule has 0 saturated carbocycles. The molecule has 0 bridgehead atoms. The number of hydrogen-bond acceptors (Lipinski definition) is 5. The van der Waals surface area contributed by atoms with Crippen molar-refractivity contribution in [3.05, 3.63) is 60.3 Å². The van der Waals surface area contributed by atoms with E-state index in [0.717, 1.165) is 43.3 Å². The second-order valence-corrected chi connectivity index (χ2v) is 9.24. The Kier molecular flexibility index (Phi) is 5.19. The first-order valence-corrected chi connectivity index (χ1v) is 10.9. The average Bonchev–Trinajstić information content (AvgIpc) is 2.72. The molecule has 0 spiro atoms. The van der Waals surface area contributed by atoms with Crippen LogP contribution in [-0.4, -0.2) is 37.7 Å². The van der Waals surface area contributed by atoms with Crippen molar-refractivity contribution in [2.45, 2.75) is 34.9 Å². The molecule has 1 N–H and O–H groups in total. The second kappa shape index (κ2) is 7.55. The van der Waals surface area contributed by atoms with Gasteiger partial charge >= 0.3 is 6.18 Å². The van der Waals surface area contributed by atoms with Gasteiger partial charge in [0.05, 0.1) is 32.7 Å². The Morgan fingerprint density at radius 3 is 2.57 bits per heavy atom. The number of fused-ring (bicyclic) bond motifs is 1. The first-order chi connectivity index (χ1) is 14.2. The summed E-state index contributed by atoms with van der Waals surface area (Å²) in [4.78, 5) is 5.71. The van der Waals surface area contributed by atoms with E-state index in [1.54, 1.807) is 12.1 Å². The van der Waals surface area contributed by atoms with Gasteiger partial charge in [0.1, 0.15) is 0 Å². The molecule has 30 heavy (non-hydrogen) atoms. The lowest BCUT2D eigenvalue weighted by molar-refractivity contribution is -0.137. The Bertz CT molecular complexity index is 1200. The van der Waals surface area contributed by atoms with Crippen molar-refractivity contribution in [1.82, 2.24) is 4.98 Å². The van der Waals surface area contributed by atoms with Crippen LogP contribution in [0.4, 0.5) is 18.9 Å². The molecule has 2 aromatic carbocycles. The molecular formula is C21H19F3N2O3S. The number of aliphatic hydroxyl groups excluding tert-OH is 1. The average molecular weight is 436 g/mol. The van der Waals surface area contributed by atoms with Crippen LogP contribution < -0.4 is 4.90 Å². The number of sulfone groups is 1. The Morgan fingerprint density at radius 2 is 1.83 bits per heavy atom. The molecule has 5 nitrogen and oxygen atoms in total. The maximum Gasteiger partial charge on any atom is 0.416 e. The van der Waals surface area contributed by atoms with Gasteiger partial charge in [-0.25, -0.2) is 8.42 Å². The highest BCUT2D eigenvalue weighted by Gasteiger charge is 2.32. The molecule has 158 valence electrons. The molecule has 1 saturated heterocycles. The van der Waals surface area contributed by atoms with Crippen LogP contribution in [0.3, 0.4) is 0 Å². The molecule has 0 amide bonds. The van der Waals surface area contributed by atoms with E-state index in [-0.39, 0.29) is 4.90 Å². The number of aliphatic hydroxyl groups is 1. The first-order valence-electron chi connectivity index (χ1n) is 9.40. The van der Waals surface area contributed by atoms with Crippen molar-refractivity contribution < 1.29 is 26.7 Å². The molecule has 9 heteroatoms. The molecule has 1 aromatic heterocycles. The van der Waals surface area contributed by atoms with Crippen LogP contribution in [0.1, 0.15) is 18.4 Å². The number of halogens is 3. The number of anilines is 1. The van der Waals surface area contributed by atoms with Gasteiger partial charge in [0.15, 0.2) is 0 Å². The minimum Gasteiger partial charge on any atom is -0.391 e. The molecule has 4 rings (SSSR count). The van der Waals surface area contributed by atoms with Gasteiger partial charge in [0, 0.05) is 24.7 Å². The summed E-state index contributed by atoms with van der Waals surface area (Å²) in [5.74, 6) is 0. The predicted octanol–water partition coefficient (Wildman–Crippen LogP) is 4.05. The zero-order valence-corrected chi connectivity index (χ0v) is 16.6. The molecule has 2 heterocycles. The van der Waals surface area contributed by atoms with E-state index >= 15 is 0 Å². The van der Waals surface area contributed by atoms with E-state index in [9.17, 15) is 26.7 Å². The maximum absolute atomic E-state index is 13.0. The van der Waals surface area contributed by atoms with Crippen LogP contribution in [0.15, 0.2) is 64.5 Å². The summed E-state index contributed by atoms with van der Waals surface area (Å²) in [6.07, 6.45) is -2.34. The Balaban J connectivity index is 1.75. The summed E-state index contributed by atoms with van der Waals surface area (Å²) in [5.41, 5.74) is 0.340. The largest absolute Gasteiger partial charge is 0.416 e. The van der Waals surface area contributed by atoms with Crippen LogP contribution in [0.5, 0.6) is 0 Å². The van der Waals surface area contributed by atoms with E-state index in [1.807, 2.05) is 11.0 Å². The summed E-state index contributed by atoms with van der Waals surface area (Å²) in [6, 6.07) is 10.4. The molecule has 1 fully saturated rings. The highest BCUT2D eigenvalue weighted by Crippen LogP contribution is 2.33. The molecule has 0 unspecified atom stereocenters. The van der Waals surface area contributed by atoms with Crippen molar-refractivity contribution in [3.8, 4) is 0 Å². The maximum atomic E-state index is 13.0. The van der Waals surface area contributed by atoms with E-state index in [2.05, 4.69) is 4.98 Å². The van der Waals surface area contributed by atoms with E-state index in [0.29, 0.717) is 23.5 Å². The van der Waals surface area contributed by atoms with Crippen LogP contribution in [0.25, 0.3) is 10.9 Å². The number of rotatable bonds is 3. The fourth-order valence-corrected chi connectivity index (χ4v) is 4.96. The number of pyridine rings is 1. The minimum atomic E-state index is -4.64. The van der Waals surface area contributed by atoms with Gasteiger partial charge in [-0.05, 0) is 43.2 Å². The van der Waals surface area contributed by atoms with Gasteiger partial charge in [-0.15, -0.1) is 0 Å². The predicted molar refractivity (Wildman–Crippen MR) is 106 cm³/mol. The quantitative estimate of drug-likeness (QED) is 0.671. The topological polar surface area (TPSA) is 70.5 Å². The lowest BCUT2D eigenvalue weighted by Crippen LogP contribution is -2.38. The number of benzene rings is 2. The smallest absolute Gasteiger partial charge is 0.391 e. The van der Waals surface area contributed by atoms with Crippen LogP contribution in [0.2, 0.25) is 0 Å². The zero-order valence-electron chi connectivity index (χ0n) is 15.8. The number of hydrogen-bond donors (Lipinski definition) is 1. The van der Waals surface area contributed by atoms with Crippen molar-refractivity contribution in [1.29, 1.82) is 0 Å². The fraction of sp³-hybridized carbons (Fsp3) is 0.286. The van der Waals surface area contributed by atoms with Crippen molar-refractivity contribution >= 4 is 26.4 Å². The van der Waals surface area contributed by atoms with Gasteiger partial charge in [-0.3, -0.25) is 4.98 Å². The standard InChI is InChI=1S/C21H19F3N2O3S/c22-21(23,24)15-5-2-7-17(11-15)30(28,29)18-10-14-4-1-8-19(20(14)25-12-18)26-9-3-6-16(27)13-26/h1-2,4-5,7-8,10-12,16,27H,3,6,9,13H2/t16-/m1/s1. The fourth-order valence-electron chi connectivity index (χ4n) is 3.68. The van der Waals surface area contributed by atoms with Crippen molar-refractivity contribution in [3.63, 3.8) is 0 Å². The molecule has 1 aliphatic rings. The van der Waals surface area contributed by atoms with E-state index in [1.165, 1.54) is 12.3 Å². The monoisotopic (exact) mass is 436 g/mol. The Hall–Kier alpha value is -2.65. The Morgan fingerprint density at radius 1 is 1.07 bits per heavy atom. The number of β-amino-alcohol motifs (C(OH)–C–C–N with tert-alkyl or cyclic N) is 1. The summed E-state index contributed by atoms with van der Waals surface area (Å²) in [5, 5.41) is 10.5. The van der Waals surface area contributed by atoms with Gasteiger partial charge in [0.2, 0.25) is 9.84 Å². The van der Waals surface area contributed by atoms with Crippen LogP contribution >= 0.6 is 0 Å². The highest BCUT2D eigenvalue weighted by molar-refractivity contribution is 7.91. The SMILES string of the molecule is O=S(=O)(c1cccc(C(F)(F)F)c1)c1cnc2c(N3CCC[C@@H](O)C3)cccc2c1. The van der Waals surface area contributed by atoms with E-state index < -0.39 is 32.6 Å². The minimum absolute atomic E-state index is 0.176. The Labute approximate surface area is 171 Å². The van der Waals surface area contributed by atoms with Crippen molar-refractivity contribution in [2.24, 2.45) is 0 Å². The first kappa shape index (κ1) is 20.6. The van der Waals surface area contributed by atoms with E-state index in [4.69, 9.17) is 0 Å². The molecule has 3 aromatic rings. The van der Waals surface area contributed by atoms with Gasteiger partial charge in [-0.2, -0.15) is 13.2 Å². The number of alkyl halides is 3. The third-order valence-corrected chi connectivity index (χ3v) is 6.90. The lowest BCUT2D eigenvalue weighted by atomic mass is 10.1. The molecular weight excluding hydrogens is 417 g/mol. The molecule has 1 atom stereocenters. The molecule has 0 radical (unpaired) electrons. The summed E-state index contributed by atoms with van der Waals surface area (Å²) in [6.45, 7) is 1.22. The normalized spacial score (nSPS) is 18.0. The number of nitrogens with zero attached hydrogens (tertiary/aromatic N) is 2. The van der Waals surface area contributed by atoms with Crippen LogP contribution in [-0.2, 0) is 16.0 Å². The highest BCUT2D eigenvalue weighted by atomic mass is 32.2.